The number of hydrazine groups is 1. The Morgan fingerprint density at radius 3 is 3.00 bits per heavy atom. The Bertz CT molecular complexity index is 394. The predicted molar refractivity (Wildman–Crippen MR) is 52.3 cm³/mol. The van der Waals surface area contributed by atoms with Gasteiger partial charge < -0.3 is 0 Å². The van der Waals surface area contributed by atoms with Gasteiger partial charge in [-0.2, -0.15) is 13.8 Å². The highest BCUT2D eigenvalue weighted by atomic mass is 32.1. The Morgan fingerprint density at radius 2 is 2.50 bits per heavy atom. The summed E-state index contributed by atoms with van der Waals surface area (Å²) in [6.07, 6.45) is 3.42. The van der Waals surface area contributed by atoms with Gasteiger partial charge in [0.1, 0.15) is 6.04 Å². The zero-order valence-corrected chi connectivity index (χ0v) is 8.40. The number of aromatic nitrogens is 4. The van der Waals surface area contributed by atoms with Crippen molar-refractivity contribution < 1.29 is 0 Å². The molecule has 0 saturated heterocycles. The number of nitrogens with two attached hydrogens (primary N) is 1. The monoisotopic (exact) mass is 210 g/mol. The van der Waals surface area contributed by atoms with Gasteiger partial charge in [-0.1, -0.05) is 0 Å². The normalized spacial score (nSPS) is 13.0. The van der Waals surface area contributed by atoms with Crippen LogP contribution in [0.2, 0.25) is 0 Å². The van der Waals surface area contributed by atoms with Gasteiger partial charge in [-0.3, -0.25) is 10.5 Å². The van der Waals surface area contributed by atoms with Crippen LogP contribution in [0.5, 0.6) is 0 Å². The molecule has 6 nitrogen and oxygen atoms in total. The molecule has 2 aromatic heterocycles. The van der Waals surface area contributed by atoms with E-state index in [9.17, 15) is 0 Å². The maximum atomic E-state index is 5.47. The molecule has 0 radical (unpaired) electrons. The third kappa shape index (κ3) is 1.52. The van der Waals surface area contributed by atoms with Crippen molar-refractivity contribution >= 4 is 11.7 Å². The average Bonchev–Trinajstić information content (AvgIpc) is 2.80. The summed E-state index contributed by atoms with van der Waals surface area (Å²) in [6.45, 7) is 0. The van der Waals surface area contributed by atoms with Crippen molar-refractivity contribution in [3.63, 3.8) is 0 Å². The second-order valence-corrected chi connectivity index (χ2v) is 3.37. The Morgan fingerprint density at radius 1 is 1.64 bits per heavy atom. The summed E-state index contributed by atoms with van der Waals surface area (Å²) in [4.78, 5) is 0. The van der Waals surface area contributed by atoms with Crippen LogP contribution in [-0.2, 0) is 7.05 Å². The van der Waals surface area contributed by atoms with Gasteiger partial charge in [0.15, 0.2) is 0 Å². The largest absolute Gasteiger partial charge is 0.271 e. The van der Waals surface area contributed by atoms with Crippen LogP contribution in [-0.4, -0.2) is 18.5 Å². The number of nitrogens with zero attached hydrogens (tertiary/aromatic N) is 4. The van der Waals surface area contributed by atoms with Crippen molar-refractivity contribution in [3.05, 3.63) is 29.8 Å². The minimum absolute atomic E-state index is 0.152. The first-order chi connectivity index (χ1) is 6.83. The van der Waals surface area contributed by atoms with Crippen molar-refractivity contribution in [1.82, 2.24) is 24.0 Å². The number of aryl methyl sites for hydroxylation is 1. The van der Waals surface area contributed by atoms with E-state index >= 15 is 0 Å². The molecule has 0 saturated carbocycles. The molecular weight excluding hydrogens is 200 g/mol. The van der Waals surface area contributed by atoms with Crippen LogP contribution >= 0.6 is 11.7 Å². The van der Waals surface area contributed by atoms with Crippen molar-refractivity contribution in [1.29, 1.82) is 0 Å². The van der Waals surface area contributed by atoms with Gasteiger partial charge in [0.05, 0.1) is 29.3 Å². The molecule has 0 aliphatic carbocycles. The summed E-state index contributed by atoms with van der Waals surface area (Å²) in [5.41, 5.74) is 4.46. The van der Waals surface area contributed by atoms with E-state index in [1.165, 1.54) is 0 Å². The van der Waals surface area contributed by atoms with E-state index in [-0.39, 0.29) is 6.04 Å². The molecule has 1 unspecified atom stereocenters. The maximum Gasteiger partial charge on any atom is 0.108 e. The maximum absolute atomic E-state index is 5.47. The zero-order chi connectivity index (χ0) is 9.97. The standard InChI is InChI=1S/C7H10N6S/c1-13-6(2-3-9-13)7(11-8)5-4-10-14-12-5/h2-4,7,11H,8H2,1H3. The average molecular weight is 210 g/mol. The summed E-state index contributed by atoms with van der Waals surface area (Å²) in [5.74, 6) is 5.47. The molecule has 3 N–H and O–H groups in total. The quantitative estimate of drug-likeness (QED) is 0.542. The molecule has 0 aromatic carbocycles. The molecule has 7 heteroatoms. The highest BCUT2D eigenvalue weighted by Gasteiger charge is 2.17. The van der Waals surface area contributed by atoms with Crippen LogP contribution in [0.3, 0.4) is 0 Å². The molecule has 1 atom stereocenters. The molecule has 2 heterocycles. The first-order valence-electron chi connectivity index (χ1n) is 4.04. The van der Waals surface area contributed by atoms with Crippen LogP contribution in [0, 0.1) is 0 Å². The Hall–Kier alpha value is -1.31. The van der Waals surface area contributed by atoms with Gasteiger partial charge in [0.25, 0.3) is 0 Å². The molecule has 0 bridgehead atoms. The number of nitrogens with one attached hydrogen (secondary N) is 1. The number of hydrogen-bond donors (Lipinski definition) is 2. The van der Waals surface area contributed by atoms with E-state index in [0.717, 1.165) is 23.1 Å². The number of rotatable bonds is 3. The van der Waals surface area contributed by atoms with E-state index in [2.05, 4.69) is 19.3 Å². The van der Waals surface area contributed by atoms with Crippen molar-refractivity contribution in [3.8, 4) is 0 Å². The van der Waals surface area contributed by atoms with Gasteiger partial charge in [0.2, 0.25) is 0 Å². The first kappa shape index (κ1) is 9.25. The van der Waals surface area contributed by atoms with Crippen molar-refractivity contribution in [2.45, 2.75) is 6.04 Å². The minimum Gasteiger partial charge on any atom is -0.271 e. The SMILES string of the molecule is Cn1nccc1C(NN)c1cnsn1. The molecule has 2 rings (SSSR count). The lowest BCUT2D eigenvalue weighted by Crippen LogP contribution is -2.30. The van der Waals surface area contributed by atoms with E-state index in [1.807, 2.05) is 13.1 Å². The zero-order valence-electron chi connectivity index (χ0n) is 7.58. The molecule has 0 amide bonds. The minimum atomic E-state index is -0.152. The van der Waals surface area contributed by atoms with Gasteiger partial charge in [0, 0.05) is 13.2 Å². The van der Waals surface area contributed by atoms with Crippen LogP contribution < -0.4 is 11.3 Å². The lowest BCUT2D eigenvalue weighted by atomic mass is 10.1. The Kier molecular flexibility index (Phi) is 2.53. The highest BCUT2D eigenvalue weighted by molar-refractivity contribution is 6.99. The van der Waals surface area contributed by atoms with Gasteiger partial charge >= 0.3 is 0 Å². The predicted octanol–water partition coefficient (Wildman–Crippen LogP) is -0.176. The summed E-state index contributed by atoms with van der Waals surface area (Å²) in [6, 6.07) is 1.74. The van der Waals surface area contributed by atoms with Crippen LogP contribution in [0.1, 0.15) is 17.4 Å². The summed E-state index contributed by atoms with van der Waals surface area (Å²) < 4.78 is 9.82. The summed E-state index contributed by atoms with van der Waals surface area (Å²) in [5, 5.41) is 4.07. The molecule has 14 heavy (non-hydrogen) atoms. The lowest BCUT2D eigenvalue weighted by Gasteiger charge is -2.12. The topological polar surface area (TPSA) is 81.7 Å². The van der Waals surface area contributed by atoms with Gasteiger partial charge in [-0.05, 0) is 6.07 Å². The number of hydrogen-bond acceptors (Lipinski definition) is 6. The summed E-state index contributed by atoms with van der Waals surface area (Å²) in [7, 11) is 1.86. The third-order valence-corrected chi connectivity index (χ3v) is 2.49. The first-order valence-corrected chi connectivity index (χ1v) is 4.77. The van der Waals surface area contributed by atoms with E-state index in [0.29, 0.717) is 0 Å². The van der Waals surface area contributed by atoms with E-state index in [1.54, 1.807) is 17.1 Å². The second kappa shape index (κ2) is 3.82. The Labute approximate surface area is 85.0 Å². The second-order valence-electron chi connectivity index (χ2n) is 2.81. The molecular formula is C7H10N6S. The van der Waals surface area contributed by atoms with Crippen molar-refractivity contribution in [2.24, 2.45) is 12.9 Å². The highest BCUT2D eigenvalue weighted by Crippen LogP contribution is 2.18. The fourth-order valence-electron chi connectivity index (χ4n) is 1.29. The molecule has 74 valence electrons. The van der Waals surface area contributed by atoms with Crippen LogP contribution in [0.25, 0.3) is 0 Å². The fraction of sp³-hybridized carbons (Fsp3) is 0.286. The fourth-order valence-corrected chi connectivity index (χ4v) is 1.74. The van der Waals surface area contributed by atoms with E-state index < -0.39 is 0 Å². The van der Waals surface area contributed by atoms with Gasteiger partial charge in [-0.25, -0.2) is 5.43 Å². The van der Waals surface area contributed by atoms with Crippen molar-refractivity contribution in [2.75, 3.05) is 0 Å². The Balaban J connectivity index is 2.36. The molecule has 0 fully saturated rings. The molecule has 0 aliphatic heterocycles. The van der Waals surface area contributed by atoms with Crippen LogP contribution in [0.4, 0.5) is 0 Å². The lowest BCUT2D eigenvalue weighted by molar-refractivity contribution is 0.567. The van der Waals surface area contributed by atoms with E-state index in [4.69, 9.17) is 5.84 Å². The van der Waals surface area contributed by atoms with Crippen LogP contribution in [0.15, 0.2) is 18.5 Å². The molecule has 0 aliphatic rings. The molecule has 2 aromatic rings. The molecule has 0 spiro atoms. The summed E-state index contributed by atoms with van der Waals surface area (Å²) >= 11 is 1.16. The third-order valence-electron chi connectivity index (χ3n) is 2.00. The smallest absolute Gasteiger partial charge is 0.108 e. The van der Waals surface area contributed by atoms with Gasteiger partial charge in [-0.15, -0.1) is 0 Å².